The molecule has 25 heavy (non-hydrogen) atoms. The fourth-order valence-corrected chi connectivity index (χ4v) is 3.83. The number of benzene rings is 1. The van der Waals surface area contributed by atoms with Crippen molar-refractivity contribution in [1.29, 1.82) is 0 Å². The van der Waals surface area contributed by atoms with Crippen LogP contribution in [0.1, 0.15) is 5.56 Å². The van der Waals surface area contributed by atoms with E-state index in [1.54, 1.807) is 0 Å². The van der Waals surface area contributed by atoms with Gasteiger partial charge >= 0.3 is 18.5 Å². The van der Waals surface area contributed by atoms with Crippen LogP contribution in [0.25, 0.3) is 10.2 Å². The molecular formula is C13H10F3NO6S2. The summed E-state index contributed by atoms with van der Waals surface area (Å²) in [5, 5.41) is 17.0. The van der Waals surface area contributed by atoms with Gasteiger partial charge in [-0.15, -0.1) is 11.3 Å². The first-order valence-electron chi connectivity index (χ1n) is 6.51. The largest absolute Gasteiger partial charge is 0.506 e. The molecule has 2 aromatic rings. The zero-order valence-electron chi connectivity index (χ0n) is 12.1. The molecule has 0 spiro atoms. The van der Waals surface area contributed by atoms with E-state index in [0.717, 1.165) is 35.2 Å². The molecule has 136 valence electrons. The van der Waals surface area contributed by atoms with E-state index in [-0.39, 0.29) is 5.75 Å². The van der Waals surface area contributed by atoms with Crippen molar-refractivity contribution in [3.05, 3.63) is 23.8 Å². The summed E-state index contributed by atoms with van der Waals surface area (Å²) in [4.78, 5) is 25.1. The third-order valence-electron chi connectivity index (χ3n) is 2.75. The second kappa shape index (κ2) is 7.78. The van der Waals surface area contributed by atoms with Crippen LogP contribution in [0.3, 0.4) is 0 Å². The van der Waals surface area contributed by atoms with Crippen LogP contribution < -0.4 is 0 Å². The van der Waals surface area contributed by atoms with Gasteiger partial charge in [0.25, 0.3) is 0 Å². The van der Waals surface area contributed by atoms with Crippen LogP contribution >= 0.6 is 23.1 Å². The van der Waals surface area contributed by atoms with Gasteiger partial charge in [0.05, 0.1) is 15.8 Å². The number of alkyl halides is 3. The predicted octanol–water partition coefficient (Wildman–Crippen LogP) is 4.17. The number of hydrogen-bond acceptors (Lipinski definition) is 7. The number of fused-ring (bicyclic) bond motifs is 1. The minimum Gasteiger partial charge on any atom is -0.450 e. The molecule has 0 fully saturated rings. The fraction of sp³-hybridized carbons (Fsp3) is 0.308. The van der Waals surface area contributed by atoms with Crippen molar-refractivity contribution in [3.8, 4) is 0 Å². The number of halogens is 3. The van der Waals surface area contributed by atoms with Crippen molar-refractivity contribution < 1.29 is 42.4 Å². The van der Waals surface area contributed by atoms with E-state index in [1.807, 2.05) is 0 Å². The normalized spacial score (nSPS) is 12.8. The molecule has 2 N–H and O–H groups in total. The fourth-order valence-electron chi connectivity index (χ4n) is 1.73. The second-order valence-electron chi connectivity index (χ2n) is 4.55. The van der Waals surface area contributed by atoms with Gasteiger partial charge in [-0.25, -0.2) is 14.6 Å². The van der Waals surface area contributed by atoms with E-state index in [0.29, 0.717) is 14.6 Å². The van der Waals surface area contributed by atoms with Crippen LogP contribution in [0.4, 0.5) is 22.8 Å². The molecule has 0 aliphatic carbocycles. The molecule has 0 aliphatic heterocycles. The van der Waals surface area contributed by atoms with Gasteiger partial charge < -0.3 is 19.7 Å². The Morgan fingerprint density at radius 2 is 2.00 bits per heavy atom. The van der Waals surface area contributed by atoms with Crippen LogP contribution in [0.15, 0.2) is 22.5 Å². The van der Waals surface area contributed by atoms with Gasteiger partial charge in [0.1, 0.15) is 12.7 Å². The Balaban J connectivity index is 2.07. The van der Waals surface area contributed by atoms with Crippen LogP contribution in [0.2, 0.25) is 0 Å². The number of nitrogens with zero attached hydrogens (tertiary/aromatic N) is 1. The highest BCUT2D eigenvalue weighted by Crippen LogP contribution is 2.35. The Morgan fingerprint density at radius 3 is 2.60 bits per heavy atom. The SMILES string of the molecule is O=C(O)OCC(CSc1nc2ccc(C(F)(F)F)cc2s1)OC(=O)O. The van der Waals surface area contributed by atoms with Gasteiger partial charge in [-0.2, -0.15) is 13.2 Å². The molecule has 2 rings (SSSR count). The van der Waals surface area contributed by atoms with Crippen LogP contribution in [0, 0.1) is 0 Å². The average molecular weight is 397 g/mol. The van der Waals surface area contributed by atoms with Crippen molar-refractivity contribution in [2.45, 2.75) is 16.6 Å². The van der Waals surface area contributed by atoms with E-state index in [1.165, 1.54) is 6.07 Å². The number of rotatable bonds is 6. The number of carbonyl (C=O) groups is 2. The molecule has 1 heterocycles. The maximum Gasteiger partial charge on any atom is 0.506 e. The molecule has 1 aromatic carbocycles. The van der Waals surface area contributed by atoms with Crippen LogP contribution in [0.5, 0.6) is 0 Å². The summed E-state index contributed by atoms with van der Waals surface area (Å²) in [6.45, 7) is -0.502. The lowest BCUT2D eigenvalue weighted by Crippen LogP contribution is -2.26. The van der Waals surface area contributed by atoms with E-state index >= 15 is 0 Å². The molecule has 1 aromatic heterocycles. The van der Waals surface area contributed by atoms with E-state index in [4.69, 9.17) is 10.2 Å². The van der Waals surface area contributed by atoms with Gasteiger partial charge in [0.15, 0.2) is 4.34 Å². The monoisotopic (exact) mass is 397 g/mol. The highest BCUT2D eigenvalue weighted by molar-refractivity contribution is 8.01. The van der Waals surface area contributed by atoms with Crippen molar-refractivity contribution in [3.63, 3.8) is 0 Å². The standard InChI is InChI=1S/C13H10F3NO6S2/c14-13(15,16)6-1-2-8-9(3-6)25-10(17-8)24-5-7(23-12(20)21)4-22-11(18)19/h1-3,7H,4-5H2,(H,18,19)(H,20,21). The molecule has 1 unspecified atom stereocenters. The summed E-state index contributed by atoms with van der Waals surface area (Å²) in [6, 6.07) is 3.15. The van der Waals surface area contributed by atoms with Crippen LogP contribution in [-0.4, -0.2) is 46.0 Å². The number of hydrogen-bond donors (Lipinski definition) is 2. The van der Waals surface area contributed by atoms with Gasteiger partial charge in [0.2, 0.25) is 0 Å². The molecule has 0 saturated heterocycles. The van der Waals surface area contributed by atoms with E-state index < -0.39 is 36.8 Å². The minimum atomic E-state index is -4.46. The maximum absolute atomic E-state index is 12.7. The number of carboxylic acid groups (broad SMARTS) is 2. The Morgan fingerprint density at radius 1 is 1.28 bits per heavy atom. The summed E-state index contributed by atoms with van der Waals surface area (Å²) < 4.78 is 47.6. The number of thioether (sulfide) groups is 1. The quantitative estimate of drug-likeness (QED) is 0.553. The summed E-state index contributed by atoms with van der Waals surface area (Å²) in [6.07, 6.45) is -8.71. The molecule has 0 bridgehead atoms. The molecule has 12 heteroatoms. The molecule has 0 aliphatic rings. The molecule has 7 nitrogen and oxygen atoms in total. The molecule has 0 radical (unpaired) electrons. The lowest BCUT2D eigenvalue weighted by Gasteiger charge is -2.13. The minimum absolute atomic E-state index is 0.00840. The maximum atomic E-state index is 12.7. The lowest BCUT2D eigenvalue weighted by molar-refractivity contribution is -0.137. The average Bonchev–Trinajstić information content (AvgIpc) is 2.90. The van der Waals surface area contributed by atoms with Crippen molar-refractivity contribution >= 4 is 45.6 Å². The Bertz CT molecular complexity index is 779. The van der Waals surface area contributed by atoms with Gasteiger partial charge in [-0.1, -0.05) is 11.8 Å². The zero-order chi connectivity index (χ0) is 18.6. The third kappa shape index (κ3) is 5.67. The summed E-state index contributed by atoms with van der Waals surface area (Å²) >= 11 is 2.03. The number of aromatic nitrogens is 1. The first-order chi connectivity index (χ1) is 11.6. The van der Waals surface area contributed by atoms with Crippen LogP contribution in [-0.2, 0) is 15.7 Å². The van der Waals surface area contributed by atoms with Crippen molar-refractivity contribution in [2.24, 2.45) is 0 Å². The first-order valence-corrected chi connectivity index (χ1v) is 8.31. The molecule has 1 atom stereocenters. The summed E-state index contributed by atoms with van der Waals surface area (Å²) in [5.74, 6) is -0.00840. The Labute approximate surface area is 146 Å². The Kier molecular flexibility index (Phi) is 5.95. The summed E-state index contributed by atoms with van der Waals surface area (Å²) in [5.41, 5.74) is -0.417. The smallest absolute Gasteiger partial charge is 0.450 e. The number of thiazole rings is 1. The van der Waals surface area contributed by atoms with E-state index in [2.05, 4.69) is 14.5 Å². The van der Waals surface area contributed by atoms with Crippen molar-refractivity contribution in [2.75, 3.05) is 12.4 Å². The van der Waals surface area contributed by atoms with Gasteiger partial charge in [-0.3, -0.25) is 0 Å². The predicted molar refractivity (Wildman–Crippen MR) is 82.2 cm³/mol. The van der Waals surface area contributed by atoms with Gasteiger partial charge in [-0.05, 0) is 18.2 Å². The van der Waals surface area contributed by atoms with Crippen molar-refractivity contribution in [1.82, 2.24) is 4.98 Å². The molecule has 0 saturated carbocycles. The van der Waals surface area contributed by atoms with Gasteiger partial charge in [0, 0.05) is 5.75 Å². The van der Waals surface area contributed by atoms with E-state index in [9.17, 15) is 22.8 Å². The third-order valence-corrected chi connectivity index (χ3v) is 5.04. The lowest BCUT2D eigenvalue weighted by atomic mass is 10.2. The molecule has 0 amide bonds. The topological polar surface area (TPSA) is 106 Å². The highest BCUT2D eigenvalue weighted by Gasteiger charge is 2.30. The zero-order valence-corrected chi connectivity index (χ0v) is 13.8. The Hall–Kier alpha value is -2.21. The number of ether oxygens (including phenoxy) is 2. The summed E-state index contributed by atoms with van der Waals surface area (Å²) in [7, 11) is 0. The molecular weight excluding hydrogens is 387 g/mol. The highest BCUT2D eigenvalue weighted by atomic mass is 32.2. The first kappa shape index (κ1) is 19.1. The second-order valence-corrected chi connectivity index (χ2v) is 6.85.